The summed E-state index contributed by atoms with van der Waals surface area (Å²) >= 11 is 0. The van der Waals surface area contributed by atoms with Gasteiger partial charge in [-0.1, -0.05) is 6.07 Å². The molecule has 0 bridgehead atoms. The molecule has 1 atom stereocenters. The molecule has 2 heterocycles. The monoisotopic (exact) mass is 343 g/mol. The largest absolute Gasteiger partial charge is 0.487 e. The molecule has 132 valence electrons. The summed E-state index contributed by atoms with van der Waals surface area (Å²) < 4.78 is 7.27. The van der Waals surface area contributed by atoms with E-state index in [1.807, 2.05) is 20.8 Å². The maximum Gasteiger partial charge on any atom is 0.265 e. The standard InChI is InChI=1S/C18H21N3O4/c1-10-19-11-6-5-7-13(25-18(2,3)4)15(11)17(24)21(10)12-8-9-14(22)20-16(12)23/h5-7,12H,8-9H2,1-4H3,(H,20,22,23). The SMILES string of the molecule is Cc1nc2cccc(OC(C)(C)C)c2c(=O)n1C1CCC(=O)NC1=O. The molecule has 0 saturated carbocycles. The average Bonchev–Trinajstić information content (AvgIpc) is 2.47. The van der Waals surface area contributed by atoms with E-state index < -0.39 is 17.6 Å². The molecule has 1 fully saturated rings. The number of benzene rings is 1. The zero-order valence-corrected chi connectivity index (χ0v) is 14.8. The number of rotatable bonds is 2. The third-order valence-corrected chi connectivity index (χ3v) is 4.01. The van der Waals surface area contributed by atoms with Crippen LogP contribution in [0.1, 0.15) is 45.5 Å². The highest BCUT2D eigenvalue weighted by molar-refractivity contribution is 5.99. The summed E-state index contributed by atoms with van der Waals surface area (Å²) in [5, 5.41) is 2.63. The molecule has 1 aliphatic heterocycles. The van der Waals surface area contributed by atoms with Gasteiger partial charge in [-0.2, -0.15) is 0 Å². The zero-order chi connectivity index (χ0) is 18.4. The van der Waals surface area contributed by atoms with Gasteiger partial charge >= 0.3 is 0 Å². The van der Waals surface area contributed by atoms with Gasteiger partial charge in [0.1, 0.15) is 28.6 Å². The Hall–Kier alpha value is -2.70. The Morgan fingerprint density at radius 1 is 1.24 bits per heavy atom. The maximum absolute atomic E-state index is 13.2. The smallest absolute Gasteiger partial charge is 0.265 e. The van der Waals surface area contributed by atoms with Crippen molar-refractivity contribution in [2.24, 2.45) is 0 Å². The fourth-order valence-corrected chi connectivity index (χ4v) is 3.03. The number of nitrogens with zero attached hydrogens (tertiary/aromatic N) is 2. The summed E-state index contributed by atoms with van der Waals surface area (Å²) in [6.45, 7) is 7.37. The Balaban J connectivity index is 2.21. The first kappa shape index (κ1) is 17.1. The van der Waals surface area contributed by atoms with Crippen molar-refractivity contribution in [2.45, 2.75) is 52.2 Å². The van der Waals surface area contributed by atoms with Gasteiger partial charge in [0, 0.05) is 6.42 Å². The fourth-order valence-electron chi connectivity index (χ4n) is 3.03. The highest BCUT2D eigenvalue weighted by Gasteiger charge is 2.31. The molecular weight excluding hydrogens is 322 g/mol. The first-order valence-corrected chi connectivity index (χ1v) is 8.22. The number of hydrogen-bond donors (Lipinski definition) is 1. The number of hydrogen-bond acceptors (Lipinski definition) is 5. The number of piperidine rings is 1. The molecule has 0 radical (unpaired) electrons. The molecule has 1 saturated heterocycles. The summed E-state index contributed by atoms with van der Waals surface area (Å²) in [6.07, 6.45) is 0.474. The predicted octanol–water partition coefficient (Wildman–Crippen LogP) is 1.86. The maximum atomic E-state index is 13.2. The summed E-state index contributed by atoms with van der Waals surface area (Å²) in [4.78, 5) is 41.2. The lowest BCUT2D eigenvalue weighted by atomic mass is 10.1. The van der Waals surface area contributed by atoms with E-state index in [9.17, 15) is 14.4 Å². The molecular formula is C18H21N3O4. The van der Waals surface area contributed by atoms with Crippen molar-refractivity contribution in [2.75, 3.05) is 0 Å². The van der Waals surface area contributed by atoms with Crippen LogP contribution in [0.4, 0.5) is 0 Å². The minimum Gasteiger partial charge on any atom is -0.487 e. The molecule has 2 aromatic rings. The first-order chi connectivity index (χ1) is 11.7. The van der Waals surface area contributed by atoms with Crippen molar-refractivity contribution < 1.29 is 14.3 Å². The topological polar surface area (TPSA) is 90.3 Å². The number of imide groups is 1. The van der Waals surface area contributed by atoms with Crippen LogP contribution in [-0.4, -0.2) is 27.0 Å². The summed E-state index contributed by atoms with van der Waals surface area (Å²) in [7, 11) is 0. The van der Waals surface area contributed by atoms with E-state index in [1.54, 1.807) is 25.1 Å². The molecule has 1 N–H and O–H groups in total. The minimum absolute atomic E-state index is 0.195. The number of fused-ring (bicyclic) bond motifs is 1. The van der Waals surface area contributed by atoms with Crippen molar-refractivity contribution >= 4 is 22.7 Å². The molecule has 1 aromatic heterocycles. The van der Waals surface area contributed by atoms with Gasteiger partial charge in [-0.25, -0.2) is 4.98 Å². The summed E-state index contributed by atoms with van der Waals surface area (Å²) in [6, 6.07) is 4.50. The van der Waals surface area contributed by atoms with Gasteiger partial charge in [0.15, 0.2) is 0 Å². The summed E-state index contributed by atoms with van der Waals surface area (Å²) in [5.41, 5.74) is -0.296. The number of amides is 2. The lowest BCUT2D eigenvalue weighted by molar-refractivity contribution is -0.135. The Bertz CT molecular complexity index is 924. The van der Waals surface area contributed by atoms with Crippen molar-refractivity contribution in [3.05, 3.63) is 34.4 Å². The predicted molar refractivity (Wildman–Crippen MR) is 92.5 cm³/mol. The van der Waals surface area contributed by atoms with Gasteiger partial charge in [0.05, 0.1) is 5.52 Å². The lowest BCUT2D eigenvalue weighted by Gasteiger charge is -2.26. The Morgan fingerprint density at radius 2 is 1.96 bits per heavy atom. The van der Waals surface area contributed by atoms with Crippen LogP contribution in [0, 0.1) is 6.92 Å². The van der Waals surface area contributed by atoms with Gasteiger partial charge in [-0.05, 0) is 46.2 Å². The second-order valence-electron chi connectivity index (χ2n) is 7.17. The molecule has 0 aliphatic carbocycles. The van der Waals surface area contributed by atoms with E-state index in [0.29, 0.717) is 22.5 Å². The van der Waals surface area contributed by atoms with E-state index in [0.717, 1.165) is 0 Å². The molecule has 2 amide bonds. The van der Waals surface area contributed by atoms with Crippen LogP contribution in [0.25, 0.3) is 10.9 Å². The summed E-state index contributed by atoms with van der Waals surface area (Å²) in [5.74, 6) is 0.0673. The molecule has 7 heteroatoms. The highest BCUT2D eigenvalue weighted by Crippen LogP contribution is 2.27. The van der Waals surface area contributed by atoms with E-state index in [-0.39, 0.29) is 24.3 Å². The van der Waals surface area contributed by atoms with E-state index in [2.05, 4.69) is 10.3 Å². The molecule has 1 unspecified atom stereocenters. The number of carbonyl (C=O) groups is 2. The molecule has 1 aliphatic rings. The number of ether oxygens (including phenoxy) is 1. The minimum atomic E-state index is -0.746. The van der Waals surface area contributed by atoms with Crippen molar-refractivity contribution in [1.82, 2.24) is 14.9 Å². The Kier molecular flexibility index (Phi) is 4.10. The Labute approximate surface area is 145 Å². The van der Waals surface area contributed by atoms with E-state index >= 15 is 0 Å². The number of nitrogens with one attached hydrogen (secondary N) is 1. The normalized spacial score (nSPS) is 18.3. The first-order valence-electron chi connectivity index (χ1n) is 8.22. The highest BCUT2D eigenvalue weighted by atomic mass is 16.5. The Morgan fingerprint density at radius 3 is 2.60 bits per heavy atom. The van der Waals surface area contributed by atoms with Gasteiger partial charge in [0.25, 0.3) is 5.56 Å². The average molecular weight is 343 g/mol. The van der Waals surface area contributed by atoms with Crippen LogP contribution in [-0.2, 0) is 9.59 Å². The fraction of sp³-hybridized carbons (Fsp3) is 0.444. The molecule has 7 nitrogen and oxygen atoms in total. The van der Waals surface area contributed by atoms with Gasteiger partial charge < -0.3 is 4.74 Å². The molecule has 3 rings (SSSR count). The van der Waals surface area contributed by atoms with Crippen molar-refractivity contribution in [3.8, 4) is 5.75 Å². The van der Waals surface area contributed by atoms with Crippen LogP contribution in [0.5, 0.6) is 5.75 Å². The quantitative estimate of drug-likeness (QED) is 0.841. The lowest BCUT2D eigenvalue weighted by Crippen LogP contribution is -2.45. The van der Waals surface area contributed by atoms with Crippen LogP contribution in [0.15, 0.2) is 23.0 Å². The number of aryl methyl sites for hydroxylation is 1. The van der Waals surface area contributed by atoms with Gasteiger partial charge in [-0.3, -0.25) is 24.3 Å². The molecule has 0 spiro atoms. The van der Waals surface area contributed by atoms with Gasteiger partial charge in [-0.15, -0.1) is 0 Å². The number of aromatic nitrogens is 2. The molecule has 25 heavy (non-hydrogen) atoms. The second kappa shape index (κ2) is 5.98. The van der Waals surface area contributed by atoms with E-state index in [1.165, 1.54) is 4.57 Å². The third kappa shape index (κ3) is 3.26. The van der Waals surface area contributed by atoms with Gasteiger partial charge in [0.2, 0.25) is 11.8 Å². The second-order valence-corrected chi connectivity index (χ2v) is 7.17. The van der Waals surface area contributed by atoms with Crippen molar-refractivity contribution in [1.29, 1.82) is 0 Å². The van der Waals surface area contributed by atoms with Crippen LogP contribution in [0.3, 0.4) is 0 Å². The van der Waals surface area contributed by atoms with Crippen molar-refractivity contribution in [3.63, 3.8) is 0 Å². The van der Waals surface area contributed by atoms with Crippen LogP contribution >= 0.6 is 0 Å². The van der Waals surface area contributed by atoms with E-state index in [4.69, 9.17) is 4.74 Å². The third-order valence-electron chi connectivity index (χ3n) is 4.01. The van der Waals surface area contributed by atoms with Crippen LogP contribution < -0.4 is 15.6 Å². The molecule has 1 aromatic carbocycles. The number of carbonyl (C=O) groups excluding carboxylic acids is 2. The zero-order valence-electron chi connectivity index (χ0n) is 14.8. The van der Waals surface area contributed by atoms with Crippen LogP contribution in [0.2, 0.25) is 0 Å².